The number of nitrogens with zero attached hydrogens (tertiary/aromatic N) is 1. The molecule has 2 rings (SSSR count). The Morgan fingerprint density at radius 2 is 1.29 bits per heavy atom. The minimum atomic E-state index is -0.512. The van der Waals surface area contributed by atoms with Gasteiger partial charge in [-0.05, 0) is 18.6 Å². The highest BCUT2D eigenvalue weighted by atomic mass is 16.2. The third-order valence-corrected chi connectivity index (χ3v) is 4.76. The van der Waals surface area contributed by atoms with Gasteiger partial charge >= 0.3 is 0 Å². The second-order valence-electron chi connectivity index (χ2n) is 6.71. The summed E-state index contributed by atoms with van der Waals surface area (Å²) in [6.45, 7) is 2.23. The number of imide groups is 1. The molecule has 1 heterocycles. The van der Waals surface area contributed by atoms with Crippen molar-refractivity contribution in [2.75, 3.05) is 0 Å². The molecule has 1 aromatic rings. The molecule has 1 aliphatic heterocycles. The van der Waals surface area contributed by atoms with E-state index in [1.165, 1.54) is 49.8 Å². The molecule has 1 aromatic carbocycles. The molecule has 24 heavy (non-hydrogen) atoms. The molecule has 2 amide bonds. The van der Waals surface area contributed by atoms with Crippen LogP contribution in [0.4, 0.5) is 0 Å². The van der Waals surface area contributed by atoms with Gasteiger partial charge in [0.25, 0.3) is 11.8 Å². The van der Waals surface area contributed by atoms with Gasteiger partial charge in [-0.3, -0.25) is 14.5 Å². The number of unbranched alkanes of at least 4 members (excludes halogenated alkanes) is 8. The van der Waals surface area contributed by atoms with E-state index in [-0.39, 0.29) is 11.8 Å². The Hall–Kier alpha value is -1.68. The Kier molecular flexibility index (Phi) is 7.44. The van der Waals surface area contributed by atoms with E-state index >= 15 is 0 Å². The maximum atomic E-state index is 12.3. The molecule has 132 valence electrons. The first-order valence-corrected chi connectivity index (χ1v) is 9.39. The SMILES string of the molecule is CCCCCCCCCCCC(N)N1C(=O)c2ccccc2C1=O. The molecular formula is C20H30N2O2. The molecule has 1 atom stereocenters. The Morgan fingerprint density at radius 3 is 1.79 bits per heavy atom. The van der Waals surface area contributed by atoms with Crippen molar-refractivity contribution in [3.63, 3.8) is 0 Å². The van der Waals surface area contributed by atoms with Crippen LogP contribution in [0, 0.1) is 0 Å². The summed E-state index contributed by atoms with van der Waals surface area (Å²) < 4.78 is 0. The van der Waals surface area contributed by atoms with Gasteiger partial charge in [0, 0.05) is 0 Å². The van der Waals surface area contributed by atoms with Crippen molar-refractivity contribution in [2.24, 2.45) is 5.73 Å². The van der Waals surface area contributed by atoms with Crippen molar-refractivity contribution >= 4 is 11.8 Å². The van der Waals surface area contributed by atoms with Crippen molar-refractivity contribution in [1.82, 2.24) is 4.90 Å². The van der Waals surface area contributed by atoms with Gasteiger partial charge in [0.1, 0.15) is 0 Å². The van der Waals surface area contributed by atoms with Crippen LogP contribution >= 0.6 is 0 Å². The first-order chi connectivity index (χ1) is 11.7. The van der Waals surface area contributed by atoms with E-state index in [0.29, 0.717) is 17.5 Å². The second-order valence-corrected chi connectivity index (χ2v) is 6.71. The van der Waals surface area contributed by atoms with E-state index in [0.717, 1.165) is 12.8 Å². The van der Waals surface area contributed by atoms with Crippen LogP contribution in [-0.2, 0) is 0 Å². The average Bonchev–Trinajstić information content (AvgIpc) is 2.85. The summed E-state index contributed by atoms with van der Waals surface area (Å²) >= 11 is 0. The first-order valence-electron chi connectivity index (χ1n) is 9.39. The predicted molar refractivity (Wildman–Crippen MR) is 96.8 cm³/mol. The number of hydrogen-bond donors (Lipinski definition) is 1. The molecule has 0 aromatic heterocycles. The topological polar surface area (TPSA) is 63.4 Å². The van der Waals surface area contributed by atoms with Crippen molar-refractivity contribution in [2.45, 2.75) is 77.3 Å². The third kappa shape index (κ3) is 4.67. The monoisotopic (exact) mass is 330 g/mol. The zero-order valence-corrected chi connectivity index (χ0v) is 14.8. The molecule has 0 saturated heterocycles. The van der Waals surface area contributed by atoms with Crippen molar-refractivity contribution in [3.8, 4) is 0 Å². The molecule has 0 saturated carbocycles. The molecule has 1 aliphatic rings. The normalized spacial score (nSPS) is 15.0. The molecule has 0 spiro atoms. The summed E-state index contributed by atoms with van der Waals surface area (Å²) in [6, 6.07) is 6.95. The molecule has 0 aliphatic carbocycles. The van der Waals surface area contributed by atoms with Gasteiger partial charge in [-0.2, -0.15) is 0 Å². The smallest absolute Gasteiger partial charge is 0.262 e. The summed E-state index contributed by atoms with van der Waals surface area (Å²) in [7, 11) is 0. The van der Waals surface area contributed by atoms with E-state index in [1.807, 2.05) is 0 Å². The highest BCUT2D eigenvalue weighted by molar-refractivity contribution is 6.21. The summed E-state index contributed by atoms with van der Waals surface area (Å²) in [4.78, 5) is 25.9. The predicted octanol–water partition coefficient (Wildman–Crippen LogP) is 4.49. The highest BCUT2D eigenvalue weighted by Gasteiger charge is 2.38. The van der Waals surface area contributed by atoms with Gasteiger partial charge < -0.3 is 5.73 Å². The van der Waals surface area contributed by atoms with Crippen LogP contribution in [-0.4, -0.2) is 22.9 Å². The lowest BCUT2D eigenvalue weighted by atomic mass is 10.1. The number of nitrogens with two attached hydrogens (primary N) is 1. The van der Waals surface area contributed by atoms with E-state index in [9.17, 15) is 9.59 Å². The van der Waals surface area contributed by atoms with E-state index in [1.54, 1.807) is 24.3 Å². The lowest BCUT2D eigenvalue weighted by Gasteiger charge is -2.22. The number of carbonyl (C=O) groups excluding carboxylic acids is 2. The first kappa shape index (κ1) is 18.7. The Bertz CT molecular complexity index is 521. The quantitative estimate of drug-likeness (QED) is 0.480. The number of carbonyl (C=O) groups is 2. The van der Waals surface area contributed by atoms with Crippen LogP contribution in [0.25, 0.3) is 0 Å². The van der Waals surface area contributed by atoms with Gasteiger partial charge in [-0.15, -0.1) is 0 Å². The Morgan fingerprint density at radius 1 is 0.833 bits per heavy atom. The third-order valence-electron chi connectivity index (χ3n) is 4.76. The van der Waals surface area contributed by atoms with E-state index in [2.05, 4.69) is 6.92 Å². The van der Waals surface area contributed by atoms with Crippen molar-refractivity contribution in [1.29, 1.82) is 0 Å². The molecule has 0 bridgehead atoms. The van der Waals surface area contributed by atoms with E-state index < -0.39 is 6.17 Å². The summed E-state index contributed by atoms with van der Waals surface area (Å²) in [5, 5.41) is 0. The lowest BCUT2D eigenvalue weighted by Crippen LogP contribution is -2.45. The minimum absolute atomic E-state index is 0.251. The van der Waals surface area contributed by atoms with Crippen molar-refractivity contribution in [3.05, 3.63) is 35.4 Å². The minimum Gasteiger partial charge on any atom is -0.311 e. The summed E-state index contributed by atoms with van der Waals surface area (Å²) in [6.07, 6.45) is 11.4. The summed E-state index contributed by atoms with van der Waals surface area (Å²) in [5.41, 5.74) is 7.07. The standard InChI is InChI=1S/C20H30N2O2/c1-2-3-4-5-6-7-8-9-10-15-18(21)22-19(23)16-13-11-12-14-17(16)20(22)24/h11-14,18H,2-10,15,21H2,1H3. The molecule has 1 unspecified atom stereocenters. The maximum absolute atomic E-state index is 12.3. The number of hydrogen-bond acceptors (Lipinski definition) is 3. The summed E-state index contributed by atoms with van der Waals surface area (Å²) in [5.74, 6) is -0.502. The number of fused-ring (bicyclic) bond motifs is 1. The fraction of sp³-hybridized carbons (Fsp3) is 0.600. The largest absolute Gasteiger partial charge is 0.311 e. The zero-order chi connectivity index (χ0) is 17.4. The second kappa shape index (κ2) is 9.58. The maximum Gasteiger partial charge on any atom is 0.262 e. The van der Waals surface area contributed by atoms with Crippen LogP contribution in [0.15, 0.2) is 24.3 Å². The van der Waals surface area contributed by atoms with Gasteiger partial charge in [0.2, 0.25) is 0 Å². The van der Waals surface area contributed by atoms with Crippen LogP contribution in [0.2, 0.25) is 0 Å². The Balaban J connectivity index is 1.66. The van der Waals surface area contributed by atoms with Gasteiger partial charge in [-0.25, -0.2) is 0 Å². The molecular weight excluding hydrogens is 300 g/mol. The molecule has 0 radical (unpaired) electrons. The number of rotatable bonds is 11. The average molecular weight is 330 g/mol. The van der Waals surface area contributed by atoms with Crippen LogP contribution in [0.1, 0.15) is 91.8 Å². The molecule has 4 nitrogen and oxygen atoms in total. The molecule has 4 heteroatoms. The van der Waals surface area contributed by atoms with Gasteiger partial charge in [-0.1, -0.05) is 76.8 Å². The number of amides is 2. The zero-order valence-electron chi connectivity index (χ0n) is 14.8. The van der Waals surface area contributed by atoms with Gasteiger partial charge in [0.05, 0.1) is 17.3 Å². The number of benzene rings is 1. The highest BCUT2D eigenvalue weighted by Crippen LogP contribution is 2.24. The molecule has 0 fully saturated rings. The van der Waals surface area contributed by atoms with Crippen LogP contribution in [0.5, 0.6) is 0 Å². The van der Waals surface area contributed by atoms with E-state index in [4.69, 9.17) is 5.73 Å². The van der Waals surface area contributed by atoms with Crippen LogP contribution < -0.4 is 5.73 Å². The fourth-order valence-electron chi connectivity index (χ4n) is 3.30. The van der Waals surface area contributed by atoms with Crippen molar-refractivity contribution < 1.29 is 9.59 Å². The lowest BCUT2D eigenvalue weighted by molar-refractivity contribution is 0.0578. The van der Waals surface area contributed by atoms with Crippen LogP contribution in [0.3, 0.4) is 0 Å². The fourth-order valence-corrected chi connectivity index (χ4v) is 3.30. The Labute approximate surface area is 145 Å². The molecule has 2 N–H and O–H groups in total. The van der Waals surface area contributed by atoms with Gasteiger partial charge in [0.15, 0.2) is 0 Å².